The molecule has 1 aliphatic carbocycles. The maximum Gasteiger partial charge on any atom is 0.0503 e. The number of piperazine rings is 1. The monoisotopic (exact) mass is 288 g/mol. The first kappa shape index (κ1) is 14.9. The highest BCUT2D eigenvalue weighted by Crippen LogP contribution is 2.42. The van der Waals surface area contributed by atoms with E-state index in [0.29, 0.717) is 6.04 Å². The number of anilines is 1. The van der Waals surface area contributed by atoms with Gasteiger partial charge in [0.25, 0.3) is 0 Å². The lowest BCUT2D eigenvalue weighted by molar-refractivity contribution is 0.202. The molecule has 1 aliphatic heterocycles. The number of ether oxygens (including phenoxy) is 1. The van der Waals surface area contributed by atoms with Gasteiger partial charge in [-0.05, 0) is 50.7 Å². The van der Waals surface area contributed by atoms with E-state index < -0.39 is 0 Å². The average molecular weight is 288 g/mol. The first-order chi connectivity index (χ1) is 10.1. The van der Waals surface area contributed by atoms with Crippen LogP contribution in [-0.4, -0.2) is 38.4 Å². The van der Waals surface area contributed by atoms with Crippen LogP contribution in [0.3, 0.4) is 0 Å². The Bertz CT molecular complexity index is 486. The predicted octanol–water partition coefficient (Wildman–Crippen LogP) is 2.84. The molecule has 1 aromatic rings. The molecule has 3 nitrogen and oxygen atoms in total. The van der Waals surface area contributed by atoms with Crippen LogP contribution in [0.1, 0.15) is 32.3 Å². The number of para-hydroxylation sites is 1. The smallest absolute Gasteiger partial charge is 0.0503 e. The molecular formula is C18H28N2O. The molecule has 1 N–H and O–H groups in total. The Kier molecular flexibility index (Phi) is 4.23. The van der Waals surface area contributed by atoms with Crippen molar-refractivity contribution in [2.45, 2.75) is 44.7 Å². The molecule has 1 saturated carbocycles. The summed E-state index contributed by atoms with van der Waals surface area (Å²) in [6.07, 6.45) is 3.76. The second-order valence-corrected chi connectivity index (χ2v) is 6.92. The van der Waals surface area contributed by atoms with E-state index in [4.69, 9.17) is 4.74 Å². The second kappa shape index (κ2) is 5.98. The third-order valence-corrected chi connectivity index (χ3v) is 5.19. The van der Waals surface area contributed by atoms with Crippen molar-refractivity contribution < 1.29 is 4.74 Å². The highest BCUT2D eigenvalue weighted by Gasteiger charge is 2.45. The summed E-state index contributed by atoms with van der Waals surface area (Å²) in [5, 5.41) is 3.80. The Morgan fingerprint density at radius 1 is 1.33 bits per heavy atom. The lowest BCUT2D eigenvalue weighted by Gasteiger charge is -2.47. The Morgan fingerprint density at radius 3 is 2.81 bits per heavy atom. The van der Waals surface area contributed by atoms with Crippen molar-refractivity contribution in [3.8, 4) is 0 Å². The van der Waals surface area contributed by atoms with E-state index in [1.165, 1.54) is 24.1 Å². The van der Waals surface area contributed by atoms with Crippen molar-refractivity contribution in [3.05, 3.63) is 29.8 Å². The number of rotatable bonds is 5. The fraction of sp³-hybridized carbons (Fsp3) is 0.667. The molecule has 1 heterocycles. The van der Waals surface area contributed by atoms with Crippen molar-refractivity contribution in [1.82, 2.24) is 5.32 Å². The third kappa shape index (κ3) is 3.09. The molecule has 2 fully saturated rings. The lowest BCUT2D eigenvalue weighted by Crippen LogP contribution is -2.63. The first-order valence-electron chi connectivity index (χ1n) is 8.22. The minimum atomic E-state index is 0.279. The summed E-state index contributed by atoms with van der Waals surface area (Å²) in [4.78, 5) is 2.61. The van der Waals surface area contributed by atoms with Crippen LogP contribution < -0.4 is 10.2 Å². The van der Waals surface area contributed by atoms with E-state index in [1.807, 2.05) is 0 Å². The van der Waals surface area contributed by atoms with E-state index in [-0.39, 0.29) is 5.54 Å². The second-order valence-electron chi connectivity index (χ2n) is 6.92. The normalized spacial score (nSPS) is 29.7. The van der Waals surface area contributed by atoms with Gasteiger partial charge in [0, 0.05) is 37.5 Å². The van der Waals surface area contributed by atoms with E-state index in [0.717, 1.165) is 32.0 Å². The van der Waals surface area contributed by atoms with E-state index in [9.17, 15) is 0 Å². The molecule has 1 aromatic carbocycles. The van der Waals surface area contributed by atoms with Crippen LogP contribution in [0.4, 0.5) is 5.69 Å². The van der Waals surface area contributed by atoms with Crippen molar-refractivity contribution in [3.63, 3.8) is 0 Å². The Hall–Kier alpha value is -1.06. The molecule has 2 unspecified atom stereocenters. The van der Waals surface area contributed by atoms with Crippen LogP contribution in [0.5, 0.6) is 0 Å². The Labute approximate surface area is 128 Å². The van der Waals surface area contributed by atoms with Crippen molar-refractivity contribution in [2.75, 3.05) is 31.7 Å². The van der Waals surface area contributed by atoms with Crippen LogP contribution in [-0.2, 0) is 11.2 Å². The molecule has 116 valence electrons. The molecule has 0 spiro atoms. The fourth-order valence-electron chi connectivity index (χ4n) is 3.59. The minimum Gasteiger partial charge on any atom is -0.384 e. The number of methoxy groups -OCH3 is 1. The van der Waals surface area contributed by atoms with Gasteiger partial charge in [-0.1, -0.05) is 18.2 Å². The molecule has 1 saturated heterocycles. The number of nitrogens with one attached hydrogen (secondary N) is 1. The summed E-state index contributed by atoms with van der Waals surface area (Å²) in [6.45, 7) is 7.71. The standard InChI is InChI=1S/C18H28N2O/c1-14-12-19-18(2,16-8-9-16)13-20(14)17-7-5-4-6-15(17)10-11-21-3/h4-7,14,16,19H,8-13H2,1-3H3. The Balaban J connectivity index is 1.83. The number of nitrogens with zero attached hydrogens (tertiary/aromatic N) is 1. The molecule has 21 heavy (non-hydrogen) atoms. The molecule has 2 aliphatic rings. The highest BCUT2D eigenvalue weighted by atomic mass is 16.5. The van der Waals surface area contributed by atoms with Gasteiger partial charge in [-0.3, -0.25) is 0 Å². The minimum absolute atomic E-state index is 0.279. The van der Waals surface area contributed by atoms with Crippen molar-refractivity contribution in [1.29, 1.82) is 0 Å². The molecule has 0 radical (unpaired) electrons. The maximum absolute atomic E-state index is 5.27. The van der Waals surface area contributed by atoms with Gasteiger partial charge in [-0.15, -0.1) is 0 Å². The summed E-state index contributed by atoms with van der Waals surface area (Å²) in [6, 6.07) is 9.37. The fourth-order valence-corrected chi connectivity index (χ4v) is 3.59. The Morgan fingerprint density at radius 2 is 2.10 bits per heavy atom. The number of hydrogen-bond acceptors (Lipinski definition) is 3. The van der Waals surface area contributed by atoms with Crippen LogP contribution in [0.25, 0.3) is 0 Å². The average Bonchev–Trinajstić information content (AvgIpc) is 3.33. The van der Waals surface area contributed by atoms with Gasteiger partial charge in [-0.25, -0.2) is 0 Å². The molecular weight excluding hydrogens is 260 g/mol. The van der Waals surface area contributed by atoms with Crippen LogP contribution in [0.15, 0.2) is 24.3 Å². The van der Waals surface area contributed by atoms with Gasteiger partial charge in [0.2, 0.25) is 0 Å². The summed E-state index contributed by atoms with van der Waals surface area (Å²) in [7, 11) is 1.78. The molecule has 2 atom stereocenters. The lowest BCUT2D eigenvalue weighted by atomic mass is 9.90. The van der Waals surface area contributed by atoms with Gasteiger partial charge in [0.1, 0.15) is 0 Å². The summed E-state index contributed by atoms with van der Waals surface area (Å²) < 4.78 is 5.27. The first-order valence-corrected chi connectivity index (χ1v) is 8.22. The third-order valence-electron chi connectivity index (χ3n) is 5.19. The van der Waals surface area contributed by atoms with Gasteiger partial charge in [0.05, 0.1) is 6.61 Å². The molecule has 0 amide bonds. The van der Waals surface area contributed by atoms with E-state index >= 15 is 0 Å². The van der Waals surface area contributed by atoms with Crippen LogP contribution in [0.2, 0.25) is 0 Å². The van der Waals surface area contributed by atoms with E-state index in [1.54, 1.807) is 7.11 Å². The number of benzene rings is 1. The maximum atomic E-state index is 5.27. The van der Waals surface area contributed by atoms with Crippen molar-refractivity contribution in [2.24, 2.45) is 5.92 Å². The van der Waals surface area contributed by atoms with Gasteiger partial charge in [0.15, 0.2) is 0 Å². The van der Waals surface area contributed by atoms with Gasteiger partial charge >= 0.3 is 0 Å². The zero-order valence-corrected chi connectivity index (χ0v) is 13.6. The quantitative estimate of drug-likeness (QED) is 0.901. The highest BCUT2D eigenvalue weighted by molar-refractivity contribution is 5.55. The zero-order valence-electron chi connectivity index (χ0n) is 13.6. The molecule has 3 heteroatoms. The number of hydrogen-bond donors (Lipinski definition) is 1. The SMILES string of the molecule is COCCc1ccccc1N1CC(C)(C2CC2)NCC1C. The van der Waals surface area contributed by atoms with Crippen LogP contribution >= 0.6 is 0 Å². The topological polar surface area (TPSA) is 24.5 Å². The molecule has 0 bridgehead atoms. The molecule has 3 rings (SSSR count). The summed E-state index contributed by atoms with van der Waals surface area (Å²) in [5.74, 6) is 0.860. The largest absolute Gasteiger partial charge is 0.384 e. The molecule has 0 aromatic heterocycles. The van der Waals surface area contributed by atoms with E-state index in [2.05, 4.69) is 48.3 Å². The van der Waals surface area contributed by atoms with Gasteiger partial charge < -0.3 is 15.0 Å². The van der Waals surface area contributed by atoms with Crippen LogP contribution in [0, 0.1) is 5.92 Å². The predicted molar refractivity (Wildman–Crippen MR) is 88.0 cm³/mol. The zero-order chi connectivity index (χ0) is 14.9. The van der Waals surface area contributed by atoms with Gasteiger partial charge in [-0.2, -0.15) is 0 Å². The summed E-state index contributed by atoms with van der Waals surface area (Å²) in [5.41, 5.74) is 3.09. The summed E-state index contributed by atoms with van der Waals surface area (Å²) >= 11 is 0. The van der Waals surface area contributed by atoms with Crippen molar-refractivity contribution >= 4 is 5.69 Å².